The zero-order valence-electron chi connectivity index (χ0n) is 19.5. The molecule has 0 saturated heterocycles. The van der Waals surface area contributed by atoms with Gasteiger partial charge in [-0.1, -0.05) is 68.8 Å². The summed E-state index contributed by atoms with van der Waals surface area (Å²) in [6, 6.07) is 15.4. The van der Waals surface area contributed by atoms with Gasteiger partial charge in [0.1, 0.15) is 17.7 Å². The molecule has 3 N–H and O–H groups in total. The molecule has 35 heavy (non-hydrogen) atoms. The first-order valence-electron chi connectivity index (χ1n) is 11.5. The van der Waals surface area contributed by atoms with Gasteiger partial charge < -0.3 is 20.5 Å². The third-order valence-electron chi connectivity index (χ3n) is 6.30. The van der Waals surface area contributed by atoms with Gasteiger partial charge in [0, 0.05) is 11.3 Å². The molecule has 3 aromatic rings. The second-order valence-corrected chi connectivity index (χ2v) is 9.43. The first kappa shape index (κ1) is 24.4. The van der Waals surface area contributed by atoms with Crippen LogP contribution >= 0.6 is 11.3 Å². The smallest absolute Gasteiger partial charge is 0.407 e. The van der Waals surface area contributed by atoms with E-state index in [1.54, 1.807) is 0 Å². The van der Waals surface area contributed by atoms with Crippen molar-refractivity contribution in [3.05, 3.63) is 75.7 Å². The summed E-state index contributed by atoms with van der Waals surface area (Å²) in [5.41, 5.74) is 4.45. The van der Waals surface area contributed by atoms with E-state index in [2.05, 4.69) is 27.8 Å². The number of carboxylic acid groups (broad SMARTS) is 1. The summed E-state index contributed by atoms with van der Waals surface area (Å²) in [5, 5.41) is 16.3. The number of fused-ring (bicyclic) bond motifs is 3. The van der Waals surface area contributed by atoms with Crippen LogP contribution in [0.1, 0.15) is 52.8 Å². The Labute approximate surface area is 207 Å². The van der Waals surface area contributed by atoms with Crippen LogP contribution in [-0.4, -0.2) is 40.7 Å². The maximum Gasteiger partial charge on any atom is 0.407 e. The first-order chi connectivity index (χ1) is 16.9. The number of alkyl carbamates (subject to hydrolysis) is 1. The molecule has 182 valence electrons. The molecule has 2 amide bonds. The number of rotatable bonds is 9. The van der Waals surface area contributed by atoms with E-state index in [1.807, 2.05) is 50.2 Å². The highest BCUT2D eigenvalue weighted by molar-refractivity contribution is 7.09. The largest absolute Gasteiger partial charge is 0.476 e. The summed E-state index contributed by atoms with van der Waals surface area (Å²) >= 11 is 1.15. The van der Waals surface area contributed by atoms with Crippen molar-refractivity contribution in [2.45, 2.75) is 38.8 Å². The number of carbonyl (C=O) groups is 3. The summed E-state index contributed by atoms with van der Waals surface area (Å²) in [6.07, 6.45) is 0.0111. The average molecular weight is 494 g/mol. The van der Waals surface area contributed by atoms with Gasteiger partial charge in [0.05, 0.1) is 6.54 Å². The fourth-order valence-corrected chi connectivity index (χ4v) is 4.94. The summed E-state index contributed by atoms with van der Waals surface area (Å²) in [4.78, 5) is 40.6. The van der Waals surface area contributed by atoms with Crippen molar-refractivity contribution in [3.8, 4) is 11.1 Å². The van der Waals surface area contributed by atoms with Crippen LogP contribution < -0.4 is 10.6 Å². The Morgan fingerprint density at radius 1 is 1.09 bits per heavy atom. The van der Waals surface area contributed by atoms with Gasteiger partial charge in [-0.2, -0.15) is 0 Å². The third kappa shape index (κ3) is 5.35. The Kier molecular flexibility index (Phi) is 7.45. The quantitative estimate of drug-likeness (QED) is 0.406. The zero-order chi connectivity index (χ0) is 24.9. The highest BCUT2D eigenvalue weighted by atomic mass is 32.1. The maximum absolute atomic E-state index is 12.9. The molecule has 2 atom stereocenters. The molecule has 1 aromatic heterocycles. The van der Waals surface area contributed by atoms with Gasteiger partial charge in [0.15, 0.2) is 5.69 Å². The van der Waals surface area contributed by atoms with Crippen LogP contribution in [0.15, 0.2) is 53.9 Å². The molecule has 4 rings (SSSR count). The molecule has 0 radical (unpaired) electrons. The Morgan fingerprint density at radius 3 is 2.29 bits per heavy atom. The van der Waals surface area contributed by atoms with Crippen LogP contribution in [0.4, 0.5) is 4.79 Å². The van der Waals surface area contributed by atoms with Crippen LogP contribution in [0.2, 0.25) is 0 Å². The van der Waals surface area contributed by atoms with Gasteiger partial charge in [-0.15, -0.1) is 11.3 Å². The highest BCUT2D eigenvalue weighted by Gasteiger charge is 2.31. The molecule has 1 aliphatic carbocycles. The van der Waals surface area contributed by atoms with Crippen LogP contribution in [0.3, 0.4) is 0 Å². The van der Waals surface area contributed by atoms with E-state index in [0.29, 0.717) is 11.4 Å². The van der Waals surface area contributed by atoms with Gasteiger partial charge >= 0.3 is 12.1 Å². The molecule has 0 bridgehead atoms. The third-order valence-corrected chi connectivity index (χ3v) is 7.15. The second kappa shape index (κ2) is 10.7. The molecule has 2 aromatic carbocycles. The summed E-state index contributed by atoms with van der Waals surface area (Å²) < 4.78 is 5.60. The lowest BCUT2D eigenvalue weighted by Gasteiger charge is -2.23. The summed E-state index contributed by atoms with van der Waals surface area (Å²) in [6.45, 7) is 4.05. The van der Waals surface area contributed by atoms with Crippen molar-refractivity contribution in [1.82, 2.24) is 15.6 Å². The fraction of sp³-hybridized carbons (Fsp3) is 0.308. The molecule has 8 nitrogen and oxygen atoms in total. The number of hydrogen-bond acceptors (Lipinski definition) is 6. The molecule has 0 spiro atoms. The Morgan fingerprint density at radius 2 is 1.71 bits per heavy atom. The van der Waals surface area contributed by atoms with E-state index in [9.17, 15) is 14.4 Å². The molecule has 0 fully saturated rings. The Balaban J connectivity index is 1.38. The van der Waals surface area contributed by atoms with Crippen LogP contribution in [0.5, 0.6) is 0 Å². The minimum atomic E-state index is -1.12. The second-order valence-electron chi connectivity index (χ2n) is 8.48. The molecular formula is C26H27N3O5S. The van der Waals surface area contributed by atoms with Crippen LogP contribution in [0.25, 0.3) is 11.1 Å². The maximum atomic E-state index is 12.9. The van der Waals surface area contributed by atoms with Gasteiger partial charge in [0.25, 0.3) is 0 Å². The monoisotopic (exact) mass is 493 g/mol. The number of thiazole rings is 1. The number of nitrogens with zero attached hydrogens (tertiary/aromatic N) is 1. The van der Waals surface area contributed by atoms with Gasteiger partial charge in [-0.3, -0.25) is 4.79 Å². The number of aromatic carboxylic acids is 1. The lowest BCUT2D eigenvalue weighted by Crippen LogP contribution is -2.50. The van der Waals surface area contributed by atoms with E-state index in [4.69, 9.17) is 9.84 Å². The number of aromatic nitrogens is 1. The number of carbonyl (C=O) groups excluding carboxylic acids is 2. The number of hydrogen-bond donors (Lipinski definition) is 3. The van der Waals surface area contributed by atoms with Crippen molar-refractivity contribution in [1.29, 1.82) is 0 Å². The number of benzene rings is 2. The zero-order valence-corrected chi connectivity index (χ0v) is 20.3. The minimum Gasteiger partial charge on any atom is -0.476 e. The van der Waals surface area contributed by atoms with E-state index < -0.39 is 18.1 Å². The van der Waals surface area contributed by atoms with Crippen molar-refractivity contribution in [2.75, 3.05) is 6.61 Å². The van der Waals surface area contributed by atoms with Gasteiger partial charge in [0.2, 0.25) is 5.91 Å². The highest BCUT2D eigenvalue weighted by Crippen LogP contribution is 2.44. The average Bonchev–Trinajstić information content (AvgIpc) is 3.47. The topological polar surface area (TPSA) is 118 Å². The lowest BCUT2D eigenvalue weighted by molar-refractivity contribution is -0.124. The minimum absolute atomic E-state index is 0.0607. The predicted molar refractivity (Wildman–Crippen MR) is 132 cm³/mol. The van der Waals surface area contributed by atoms with Crippen molar-refractivity contribution in [3.63, 3.8) is 0 Å². The van der Waals surface area contributed by atoms with E-state index in [1.165, 1.54) is 5.38 Å². The molecule has 0 unspecified atom stereocenters. The molecular weight excluding hydrogens is 466 g/mol. The number of ether oxygens (including phenoxy) is 1. The molecule has 9 heteroatoms. The Hall–Kier alpha value is -3.72. The summed E-state index contributed by atoms with van der Waals surface area (Å²) in [5.74, 6) is -1.70. The number of carboxylic acids is 1. The number of nitrogens with one attached hydrogen (secondary N) is 2. The van der Waals surface area contributed by atoms with Gasteiger partial charge in [-0.25, -0.2) is 14.6 Å². The first-order valence-corrected chi connectivity index (χ1v) is 12.3. The molecule has 0 saturated carbocycles. The van der Waals surface area contributed by atoms with Gasteiger partial charge in [-0.05, 0) is 28.2 Å². The lowest BCUT2D eigenvalue weighted by atomic mass is 9.98. The predicted octanol–water partition coefficient (Wildman–Crippen LogP) is 4.41. The molecule has 1 aliphatic rings. The van der Waals surface area contributed by atoms with E-state index in [-0.39, 0.29) is 36.6 Å². The standard InChI is InChI=1S/C26H27N3O5S/c1-3-15(2)23(24(30)27-12-22-28-21(14-35-22)25(31)32)29-26(33)34-13-20-18-10-6-4-8-16(18)17-9-5-7-11-19(17)20/h4-11,14-15,20,23H,3,12-13H2,1-2H3,(H,27,30)(H,29,33)(H,31,32)/t15-,23-/m0/s1. The molecule has 1 heterocycles. The fourth-order valence-electron chi connectivity index (χ4n) is 4.23. The van der Waals surface area contributed by atoms with Crippen LogP contribution in [0, 0.1) is 5.92 Å². The SMILES string of the molecule is CC[C@H](C)[C@H](NC(=O)OCC1c2ccccc2-c2ccccc21)C(=O)NCc1nc(C(=O)O)cs1. The van der Waals surface area contributed by atoms with Crippen molar-refractivity contribution >= 4 is 29.3 Å². The Bertz CT molecular complexity index is 1200. The van der Waals surface area contributed by atoms with Crippen molar-refractivity contribution in [2.24, 2.45) is 5.92 Å². The van der Waals surface area contributed by atoms with E-state index >= 15 is 0 Å². The summed E-state index contributed by atoms with van der Waals surface area (Å²) in [7, 11) is 0. The van der Waals surface area contributed by atoms with Crippen molar-refractivity contribution < 1.29 is 24.2 Å². The van der Waals surface area contributed by atoms with Crippen LogP contribution in [-0.2, 0) is 16.1 Å². The number of amides is 2. The normalized spacial score (nSPS) is 13.9. The molecule has 0 aliphatic heterocycles. The van der Waals surface area contributed by atoms with E-state index in [0.717, 1.165) is 33.6 Å².